The van der Waals surface area contributed by atoms with Gasteiger partial charge in [0.25, 0.3) is 0 Å². The number of hydrogen-bond acceptors (Lipinski definition) is 5. The van der Waals surface area contributed by atoms with Gasteiger partial charge in [-0.05, 0) is 29.2 Å². The Hall–Kier alpha value is -3.65. The van der Waals surface area contributed by atoms with Gasteiger partial charge in [-0.3, -0.25) is 4.79 Å². The maximum absolute atomic E-state index is 12.2. The number of rotatable bonds is 9. The van der Waals surface area contributed by atoms with Crippen molar-refractivity contribution in [2.75, 3.05) is 26.9 Å². The Kier molecular flexibility index (Phi) is 7.62. The van der Waals surface area contributed by atoms with Crippen molar-refractivity contribution in [3.8, 4) is 11.1 Å². The average Bonchev–Trinajstić information content (AvgIpc) is 3.11. The van der Waals surface area contributed by atoms with Crippen molar-refractivity contribution >= 4 is 18.0 Å². The van der Waals surface area contributed by atoms with Crippen molar-refractivity contribution in [3.63, 3.8) is 0 Å². The number of methoxy groups -OCH3 is 1. The monoisotopic (exact) mass is 438 g/mol. The Labute approximate surface area is 186 Å². The van der Waals surface area contributed by atoms with Gasteiger partial charge in [-0.2, -0.15) is 0 Å². The second-order valence-electron chi connectivity index (χ2n) is 7.41. The third kappa shape index (κ3) is 5.33. The van der Waals surface area contributed by atoms with Crippen LogP contribution in [0.2, 0.25) is 0 Å². The quantitative estimate of drug-likeness (QED) is 0.519. The summed E-state index contributed by atoms with van der Waals surface area (Å²) in [5, 5.41) is 14.0. The molecule has 32 heavy (non-hydrogen) atoms. The van der Waals surface area contributed by atoms with E-state index in [0.717, 1.165) is 22.3 Å². The van der Waals surface area contributed by atoms with E-state index >= 15 is 0 Å². The first kappa shape index (κ1) is 23.0. The summed E-state index contributed by atoms with van der Waals surface area (Å²) in [5.41, 5.74) is 4.81. The normalized spacial score (nSPS) is 13.6. The second-order valence-corrected chi connectivity index (χ2v) is 7.41. The van der Waals surface area contributed by atoms with Gasteiger partial charge in [0, 0.05) is 25.1 Å². The molecule has 0 fully saturated rings. The number of carbonyl (C=O) groups is 3. The number of fused-ring (bicyclic) bond motifs is 3. The molecule has 0 saturated carbocycles. The van der Waals surface area contributed by atoms with Crippen molar-refractivity contribution in [2.24, 2.45) is 0 Å². The van der Waals surface area contributed by atoms with Crippen LogP contribution in [0.15, 0.2) is 60.2 Å². The van der Waals surface area contributed by atoms with Gasteiger partial charge in [-0.1, -0.05) is 54.6 Å². The van der Waals surface area contributed by atoms with Crippen LogP contribution in [0.3, 0.4) is 0 Å². The highest BCUT2D eigenvalue weighted by Gasteiger charge is 2.29. The molecule has 8 nitrogen and oxygen atoms in total. The summed E-state index contributed by atoms with van der Waals surface area (Å²) in [6.07, 6.45) is 0.891. The molecule has 3 N–H and O–H groups in total. The lowest BCUT2D eigenvalue weighted by atomic mass is 9.98. The zero-order valence-electron chi connectivity index (χ0n) is 18.0. The average molecular weight is 438 g/mol. The number of amides is 2. The van der Waals surface area contributed by atoms with Crippen LogP contribution in [0.5, 0.6) is 0 Å². The van der Waals surface area contributed by atoms with Crippen molar-refractivity contribution in [1.82, 2.24) is 10.6 Å². The highest BCUT2D eigenvalue weighted by Crippen LogP contribution is 2.44. The molecule has 1 aliphatic rings. The fourth-order valence-corrected chi connectivity index (χ4v) is 3.64. The molecule has 2 amide bonds. The first-order valence-electron chi connectivity index (χ1n) is 10.2. The minimum Gasteiger partial charge on any atom is -0.480 e. The predicted octanol–water partition coefficient (Wildman–Crippen LogP) is 2.69. The van der Waals surface area contributed by atoms with E-state index < -0.39 is 24.0 Å². The molecular formula is C24H26N2O6. The summed E-state index contributed by atoms with van der Waals surface area (Å²) in [4.78, 5) is 35.4. The van der Waals surface area contributed by atoms with Crippen molar-refractivity contribution in [2.45, 2.75) is 18.9 Å². The van der Waals surface area contributed by atoms with Crippen LogP contribution in [0.1, 0.15) is 24.0 Å². The number of aliphatic carboxylic acids is 1. The zero-order chi connectivity index (χ0) is 23.1. The molecule has 168 valence electrons. The lowest BCUT2D eigenvalue weighted by Crippen LogP contribution is -2.44. The van der Waals surface area contributed by atoms with E-state index in [0.29, 0.717) is 0 Å². The van der Waals surface area contributed by atoms with E-state index in [-0.39, 0.29) is 31.2 Å². The molecule has 0 heterocycles. The van der Waals surface area contributed by atoms with E-state index in [1.807, 2.05) is 36.4 Å². The van der Waals surface area contributed by atoms with Gasteiger partial charge in [0.1, 0.15) is 6.61 Å². The van der Waals surface area contributed by atoms with Crippen molar-refractivity contribution < 1.29 is 29.0 Å². The van der Waals surface area contributed by atoms with Gasteiger partial charge >= 0.3 is 12.1 Å². The molecule has 3 rings (SSSR count). The summed E-state index contributed by atoms with van der Waals surface area (Å²) in [6.45, 7) is 1.64. The summed E-state index contributed by atoms with van der Waals surface area (Å²) < 4.78 is 10.2. The molecule has 0 aromatic heterocycles. The number of benzene rings is 2. The maximum atomic E-state index is 12.2. The van der Waals surface area contributed by atoms with Crippen LogP contribution in [0.25, 0.3) is 11.1 Å². The van der Waals surface area contributed by atoms with Gasteiger partial charge in [0.05, 0.1) is 6.61 Å². The molecule has 0 aliphatic heterocycles. The standard InChI is InChI=1S/C24H26N2O6/c1-15(22(27)26-21(14-31-2)23(28)29)11-12-25-24(30)32-13-20-18-9-5-3-7-16(18)17-8-4-6-10-19(17)20/h3-11,20-21H,12-14H2,1-2H3,(H,25,30)(H,26,27)(H,28,29)/b15-11+/t21-/m0/s1. The Morgan fingerprint density at radius 3 is 2.22 bits per heavy atom. The zero-order valence-corrected chi connectivity index (χ0v) is 18.0. The molecule has 2 aromatic rings. The summed E-state index contributed by atoms with van der Waals surface area (Å²) in [7, 11) is 1.35. The lowest BCUT2D eigenvalue weighted by Gasteiger charge is -2.15. The van der Waals surface area contributed by atoms with E-state index in [2.05, 4.69) is 22.8 Å². The molecule has 0 unspecified atom stereocenters. The summed E-state index contributed by atoms with van der Waals surface area (Å²) >= 11 is 0. The molecular weight excluding hydrogens is 412 g/mol. The SMILES string of the molecule is COC[C@H](NC(=O)/C(C)=C/CNC(=O)OCC1c2ccccc2-c2ccccc21)C(=O)O. The van der Waals surface area contributed by atoms with Gasteiger partial charge < -0.3 is 25.2 Å². The molecule has 2 aromatic carbocycles. The van der Waals surface area contributed by atoms with Crippen LogP contribution in [-0.2, 0) is 19.1 Å². The van der Waals surface area contributed by atoms with E-state index in [4.69, 9.17) is 14.6 Å². The van der Waals surface area contributed by atoms with Crippen LogP contribution in [0, 0.1) is 0 Å². The number of ether oxygens (including phenoxy) is 2. The number of carboxylic acids is 1. The van der Waals surface area contributed by atoms with Gasteiger partial charge in [-0.25, -0.2) is 9.59 Å². The fraction of sp³-hybridized carbons (Fsp3) is 0.292. The number of nitrogens with one attached hydrogen (secondary N) is 2. The van der Waals surface area contributed by atoms with E-state index in [1.54, 1.807) is 0 Å². The first-order chi connectivity index (χ1) is 15.4. The predicted molar refractivity (Wildman–Crippen MR) is 118 cm³/mol. The van der Waals surface area contributed by atoms with Crippen LogP contribution in [-0.4, -0.2) is 56.0 Å². The number of carboxylic acid groups (broad SMARTS) is 1. The minimum atomic E-state index is -1.19. The Morgan fingerprint density at radius 1 is 1.06 bits per heavy atom. The van der Waals surface area contributed by atoms with Crippen LogP contribution >= 0.6 is 0 Å². The lowest BCUT2D eigenvalue weighted by molar-refractivity contribution is -0.142. The summed E-state index contributed by atoms with van der Waals surface area (Å²) in [6, 6.07) is 15.0. The Bertz CT molecular complexity index is 987. The Balaban J connectivity index is 1.52. The van der Waals surface area contributed by atoms with Gasteiger partial charge in [0.2, 0.25) is 5.91 Å². The topological polar surface area (TPSA) is 114 Å². The number of carbonyl (C=O) groups excluding carboxylic acids is 2. The number of alkyl carbamates (subject to hydrolysis) is 1. The first-order valence-corrected chi connectivity index (χ1v) is 10.2. The highest BCUT2D eigenvalue weighted by atomic mass is 16.5. The smallest absolute Gasteiger partial charge is 0.407 e. The van der Waals surface area contributed by atoms with Gasteiger partial charge in [0.15, 0.2) is 6.04 Å². The Morgan fingerprint density at radius 2 is 1.66 bits per heavy atom. The molecule has 8 heteroatoms. The van der Waals surface area contributed by atoms with Crippen molar-refractivity contribution in [3.05, 3.63) is 71.3 Å². The second kappa shape index (κ2) is 10.6. The molecule has 0 radical (unpaired) electrons. The van der Waals surface area contributed by atoms with Crippen LogP contribution in [0.4, 0.5) is 4.79 Å². The fourth-order valence-electron chi connectivity index (χ4n) is 3.64. The molecule has 0 bridgehead atoms. The third-order valence-corrected chi connectivity index (χ3v) is 5.29. The molecule has 0 saturated heterocycles. The van der Waals surface area contributed by atoms with Gasteiger partial charge in [-0.15, -0.1) is 0 Å². The molecule has 0 spiro atoms. The largest absolute Gasteiger partial charge is 0.480 e. The molecule has 1 aliphatic carbocycles. The number of hydrogen-bond donors (Lipinski definition) is 3. The van der Waals surface area contributed by atoms with E-state index in [1.165, 1.54) is 20.1 Å². The minimum absolute atomic E-state index is 0.0371. The summed E-state index contributed by atoms with van der Waals surface area (Å²) in [5.74, 6) is -1.78. The highest BCUT2D eigenvalue weighted by molar-refractivity contribution is 5.95. The third-order valence-electron chi connectivity index (χ3n) is 5.29. The molecule has 1 atom stereocenters. The van der Waals surface area contributed by atoms with Crippen LogP contribution < -0.4 is 10.6 Å². The maximum Gasteiger partial charge on any atom is 0.407 e. The van der Waals surface area contributed by atoms with E-state index in [9.17, 15) is 14.4 Å². The van der Waals surface area contributed by atoms with Crippen molar-refractivity contribution in [1.29, 1.82) is 0 Å².